The molecular formula is C13H13N. The molecule has 1 heteroatoms. The highest BCUT2D eigenvalue weighted by Gasteiger charge is 1.93. The van der Waals surface area contributed by atoms with Crippen molar-refractivity contribution in [1.29, 1.82) is 0 Å². The minimum atomic E-state index is 0.608. The molecule has 0 fully saturated rings. The summed E-state index contributed by atoms with van der Waals surface area (Å²) < 4.78 is 0. The molecule has 0 aromatic heterocycles. The molecule has 14 heavy (non-hydrogen) atoms. The van der Waals surface area contributed by atoms with Crippen LogP contribution in [0.5, 0.6) is 0 Å². The largest absolute Gasteiger partial charge is 0.326 e. The second kappa shape index (κ2) is 4.07. The maximum atomic E-state index is 5.53. The third-order valence-corrected chi connectivity index (χ3v) is 2.24. The molecule has 0 spiro atoms. The number of nitrogens with two attached hydrogens (primary N) is 1. The van der Waals surface area contributed by atoms with Gasteiger partial charge in [0.1, 0.15) is 0 Å². The molecule has 0 atom stereocenters. The summed E-state index contributed by atoms with van der Waals surface area (Å²) in [5.74, 6) is 0. The molecule has 1 aromatic rings. The normalized spacial score (nSPS) is 13.6. The standard InChI is InChI=1S/C13H13N/c14-10-13-7-5-12(6-8-13)9-11-3-1-2-4-11/h1-9H,10,14H2. The summed E-state index contributed by atoms with van der Waals surface area (Å²) in [4.78, 5) is 0. The van der Waals surface area contributed by atoms with Crippen molar-refractivity contribution >= 4 is 6.08 Å². The van der Waals surface area contributed by atoms with Crippen molar-refractivity contribution in [3.8, 4) is 0 Å². The van der Waals surface area contributed by atoms with Gasteiger partial charge in [-0.05, 0) is 22.8 Å². The lowest BCUT2D eigenvalue weighted by Crippen LogP contribution is -1.95. The highest BCUT2D eigenvalue weighted by atomic mass is 14.5. The van der Waals surface area contributed by atoms with Crippen LogP contribution < -0.4 is 5.73 Å². The Morgan fingerprint density at radius 1 is 1.00 bits per heavy atom. The van der Waals surface area contributed by atoms with Crippen molar-refractivity contribution < 1.29 is 0 Å². The predicted octanol–water partition coefficient (Wildman–Crippen LogP) is 2.65. The molecule has 70 valence electrons. The van der Waals surface area contributed by atoms with E-state index >= 15 is 0 Å². The van der Waals surface area contributed by atoms with E-state index in [-0.39, 0.29) is 0 Å². The average Bonchev–Trinajstić information content (AvgIpc) is 2.72. The van der Waals surface area contributed by atoms with Crippen molar-refractivity contribution in [3.63, 3.8) is 0 Å². The molecule has 0 heterocycles. The number of rotatable bonds is 2. The van der Waals surface area contributed by atoms with Crippen LogP contribution in [0.2, 0.25) is 0 Å². The second-order valence-corrected chi connectivity index (χ2v) is 3.31. The van der Waals surface area contributed by atoms with Gasteiger partial charge in [0.05, 0.1) is 0 Å². The van der Waals surface area contributed by atoms with E-state index in [2.05, 4.69) is 42.5 Å². The Hall–Kier alpha value is -1.60. The van der Waals surface area contributed by atoms with E-state index in [9.17, 15) is 0 Å². The van der Waals surface area contributed by atoms with Crippen molar-refractivity contribution in [1.82, 2.24) is 0 Å². The molecule has 0 unspecified atom stereocenters. The third-order valence-electron chi connectivity index (χ3n) is 2.24. The van der Waals surface area contributed by atoms with Gasteiger partial charge in [0, 0.05) is 6.54 Å². The first-order chi connectivity index (χ1) is 6.88. The Balaban J connectivity index is 2.21. The van der Waals surface area contributed by atoms with E-state index in [0.717, 1.165) is 0 Å². The zero-order valence-corrected chi connectivity index (χ0v) is 7.98. The van der Waals surface area contributed by atoms with E-state index in [1.165, 1.54) is 16.7 Å². The summed E-state index contributed by atoms with van der Waals surface area (Å²) >= 11 is 0. The molecule has 0 bridgehead atoms. The van der Waals surface area contributed by atoms with Crippen LogP contribution in [0.25, 0.3) is 6.08 Å². The fraction of sp³-hybridized carbons (Fsp3) is 0.0769. The quantitative estimate of drug-likeness (QED) is 0.749. The predicted molar refractivity (Wildman–Crippen MR) is 60.6 cm³/mol. The van der Waals surface area contributed by atoms with E-state index in [1.807, 2.05) is 12.2 Å². The van der Waals surface area contributed by atoms with Gasteiger partial charge in [-0.15, -0.1) is 0 Å². The maximum absolute atomic E-state index is 5.53. The highest BCUT2D eigenvalue weighted by molar-refractivity contribution is 5.61. The zero-order chi connectivity index (χ0) is 9.80. The summed E-state index contributed by atoms with van der Waals surface area (Å²) in [6.07, 6.45) is 10.4. The van der Waals surface area contributed by atoms with Gasteiger partial charge < -0.3 is 5.73 Å². The van der Waals surface area contributed by atoms with Crippen molar-refractivity contribution in [2.45, 2.75) is 6.54 Å². The fourth-order valence-corrected chi connectivity index (χ4v) is 1.43. The minimum Gasteiger partial charge on any atom is -0.326 e. The van der Waals surface area contributed by atoms with Crippen molar-refractivity contribution in [3.05, 3.63) is 65.3 Å². The van der Waals surface area contributed by atoms with Gasteiger partial charge in [-0.1, -0.05) is 48.6 Å². The Morgan fingerprint density at radius 3 is 2.21 bits per heavy atom. The summed E-state index contributed by atoms with van der Waals surface area (Å²) in [7, 11) is 0. The SMILES string of the molecule is NCc1ccc(C=C2C=CC=C2)cc1. The Morgan fingerprint density at radius 2 is 1.64 bits per heavy atom. The third kappa shape index (κ3) is 2.01. The second-order valence-electron chi connectivity index (χ2n) is 3.31. The lowest BCUT2D eigenvalue weighted by molar-refractivity contribution is 1.07. The molecule has 1 aromatic carbocycles. The monoisotopic (exact) mass is 183 g/mol. The molecule has 0 amide bonds. The Bertz CT molecular complexity index is 380. The van der Waals surface area contributed by atoms with E-state index in [4.69, 9.17) is 5.73 Å². The topological polar surface area (TPSA) is 26.0 Å². The van der Waals surface area contributed by atoms with Gasteiger partial charge in [-0.25, -0.2) is 0 Å². The Kier molecular flexibility index (Phi) is 2.61. The van der Waals surface area contributed by atoms with Gasteiger partial charge in [0.2, 0.25) is 0 Å². The molecule has 0 saturated heterocycles. The lowest BCUT2D eigenvalue weighted by atomic mass is 10.1. The first-order valence-electron chi connectivity index (χ1n) is 4.74. The van der Waals surface area contributed by atoms with Crippen LogP contribution in [0.4, 0.5) is 0 Å². The van der Waals surface area contributed by atoms with Crippen LogP contribution in [0.3, 0.4) is 0 Å². The van der Waals surface area contributed by atoms with E-state index < -0.39 is 0 Å². The lowest BCUT2D eigenvalue weighted by Gasteiger charge is -1.98. The highest BCUT2D eigenvalue weighted by Crippen LogP contribution is 2.13. The zero-order valence-electron chi connectivity index (χ0n) is 7.98. The fourth-order valence-electron chi connectivity index (χ4n) is 1.43. The maximum Gasteiger partial charge on any atom is 0.0178 e. The molecule has 1 aliphatic rings. The molecule has 2 N–H and O–H groups in total. The number of allylic oxidation sites excluding steroid dienone is 5. The van der Waals surface area contributed by atoms with Gasteiger partial charge in [0.15, 0.2) is 0 Å². The van der Waals surface area contributed by atoms with E-state index in [0.29, 0.717) is 6.54 Å². The average molecular weight is 183 g/mol. The summed E-state index contributed by atoms with van der Waals surface area (Å²) in [6.45, 7) is 0.608. The Labute approximate surface area is 84.3 Å². The smallest absolute Gasteiger partial charge is 0.0178 e. The summed E-state index contributed by atoms with van der Waals surface area (Å²) in [5, 5.41) is 0. The van der Waals surface area contributed by atoms with Crippen molar-refractivity contribution in [2.24, 2.45) is 5.73 Å². The van der Waals surface area contributed by atoms with Crippen molar-refractivity contribution in [2.75, 3.05) is 0 Å². The van der Waals surface area contributed by atoms with Gasteiger partial charge in [0.25, 0.3) is 0 Å². The first kappa shape index (κ1) is 8.97. The number of hydrogen-bond acceptors (Lipinski definition) is 1. The first-order valence-corrected chi connectivity index (χ1v) is 4.74. The van der Waals surface area contributed by atoms with Gasteiger partial charge in [-0.2, -0.15) is 0 Å². The van der Waals surface area contributed by atoms with Crippen LogP contribution in [0.1, 0.15) is 11.1 Å². The van der Waals surface area contributed by atoms with Gasteiger partial charge >= 0.3 is 0 Å². The molecule has 1 nitrogen and oxygen atoms in total. The molecule has 2 rings (SSSR count). The number of benzene rings is 1. The molecule has 1 aliphatic carbocycles. The van der Waals surface area contributed by atoms with Crippen LogP contribution in [0, 0.1) is 0 Å². The summed E-state index contributed by atoms with van der Waals surface area (Å²) in [5.41, 5.74) is 9.15. The van der Waals surface area contributed by atoms with E-state index in [1.54, 1.807) is 0 Å². The van der Waals surface area contributed by atoms with Crippen LogP contribution in [-0.2, 0) is 6.54 Å². The molecule has 0 radical (unpaired) electrons. The summed E-state index contributed by atoms with van der Waals surface area (Å²) in [6, 6.07) is 8.31. The minimum absolute atomic E-state index is 0.608. The number of hydrogen-bond donors (Lipinski definition) is 1. The van der Waals surface area contributed by atoms with Crippen LogP contribution >= 0.6 is 0 Å². The molecular weight excluding hydrogens is 170 g/mol. The van der Waals surface area contributed by atoms with Crippen LogP contribution in [0.15, 0.2) is 54.1 Å². The van der Waals surface area contributed by atoms with Crippen LogP contribution in [-0.4, -0.2) is 0 Å². The molecule has 0 aliphatic heterocycles. The van der Waals surface area contributed by atoms with Gasteiger partial charge in [-0.3, -0.25) is 0 Å². The molecule has 0 saturated carbocycles.